The highest BCUT2D eigenvalue weighted by atomic mass is 79.9. The van der Waals surface area contributed by atoms with E-state index < -0.39 is 23.1 Å². The van der Waals surface area contributed by atoms with E-state index in [4.69, 9.17) is 0 Å². The number of carbonyl (C=O) groups is 3. The van der Waals surface area contributed by atoms with Crippen LogP contribution in [0.15, 0.2) is 102 Å². The first-order valence-electron chi connectivity index (χ1n) is 14.4. The van der Waals surface area contributed by atoms with E-state index in [1.165, 1.54) is 15.9 Å². The Morgan fingerprint density at radius 2 is 1.51 bits per heavy atom. The molecule has 7 heteroatoms. The largest absolute Gasteiger partial charge is 0.304 e. The Kier molecular flexibility index (Phi) is 7.33. The highest BCUT2D eigenvalue weighted by molar-refractivity contribution is 9.10. The smallest absolute Gasteiger partial charge is 0.239 e. The monoisotopic (exact) mass is 638 g/mol. The summed E-state index contributed by atoms with van der Waals surface area (Å²) in [5, 5.41) is 0. The minimum absolute atomic E-state index is 0.0961. The molecule has 2 heterocycles. The summed E-state index contributed by atoms with van der Waals surface area (Å²) in [4.78, 5) is 45.5. The number of hydrogen-bond acceptors (Lipinski definition) is 3. The quantitative estimate of drug-likeness (QED) is 0.206. The molecule has 3 amide bonds. The minimum Gasteiger partial charge on any atom is -0.304 e. The molecule has 0 radical (unpaired) electrons. The first kappa shape index (κ1) is 29.0. The molecule has 0 bridgehead atoms. The second kappa shape index (κ2) is 10.9. The van der Waals surface area contributed by atoms with Crippen LogP contribution in [0.3, 0.4) is 0 Å². The summed E-state index contributed by atoms with van der Waals surface area (Å²) in [5.41, 5.74) is 2.21. The molecule has 0 spiro atoms. The summed E-state index contributed by atoms with van der Waals surface area (Å²) in [5.74, 6) is -2.75. The molecular formula is C36H32BrFN2O3. The van der Waals surface area contributed by atoms with E-state index in [1.807, 2.05) is 66.7 Å². The Bertz CT molecular complexity index is 1710. The lowest BCUT2D eigenvalue weighted by Gasteiger charge is -2.33. The number of nitrogens with zero attached hydrogens (tertiary/aromatic N) is 2. The summed E-state index contributed by atoms with van der Waals surface area (Å²) in [6.07, 6.45) is -0.0153. The lowest BCUT2D eigenvalue weighted by Crippen LogP contribution is -2.50. The molecule has 0 N–H and O–H groups in total. The molecule has 4 aromatic carbocycles. The summed E-state index contributed by atoms with van der Waals surface area (Å²) < 4.78 is 16.6. The normalized spacial score (nSPS) is 20.2. The molecule has 6 rings (SSSR count). The second-order valence-electron chi connectivity index (χ2n) is 12.4. The number of para-hydroxylation sites is 1. The van der Waals surface area contributed by atoms with E-state index in [-0.39, 0.29) is 42.3 Å². The molecule has 4 aromatic rings. The van der Waals surface area contributed by atoms with Gasteiger partial charge in [-0.05, 0) is 64.4 Å². The van der Waals surface area contributed by atoms with Crippen molar-refractivity contribution in [1.29, 1.82) is 0 Å². The van der Waals surface area contributed by atoms with Gasteiger partial charge in [-0.3, -0.25) is 19.3 Å². The van der Waals surface area contributed by atoms with Gasteiger partial charge in [0.1, 0.15) is 5.82 Å². The molecule has 1 saturated heterocycles. The van der Waals surface area contributed by atoms with Gasteiger partial charge < -0.3 is 4.90 Å². The Morgan fingerprint density at radius 3 is 2.16 bits per heavy atom. The fourth-order valence-electron chi connectivity index (χ4n) is 6.48. The van der Waals surface area contributed by atoms with Crippen molar-refractivity contribution in [3.05, 3.63) is 130 Å². The zero-order valence-electron chi connectivity index (χ0n) is 24.3. The van der Waals surface area contributed by atoms with Crippen LogP contribution >= 0.6 is 15.9 Å². The summed E-state index contributed by atoms with van der Waals surface area (Å²) in [7, 11) is 0. The first-order valence-corrected chi connectivity index (χ1v) is 15.2. The van der Waals surface area contributed by atoms with Gasteiger partial charge in [0.05, 0.1) is 29.3 Å². The van der Waals surface area contributed by atoms with Crippen molar-refractivity contribution in [3.63, 3.8) is 0 Å². The van der Waals surface area contributed by atoms with Gasteiger partial charge >= 0.3 is 0 Å². The molecule has 43 heavy (non-hydrogen) atoms. The molecule has 1 fully saturated rings. The number of amides is 3. The topological polar surface area (TPSA) is 57.7 Å². The number of rotatable bonds is 6. The Balaban J connectivity index is 1.49. The number of halogens is 2. The third kappa shape index (κ3) is 4.99. The molecular weight excluding hydrogens is 607 g/mol. The van der Waals surface area contributed by atoms with E-state index in [0.29, 0.717) is 11.3 Å². The number of imide groups is 1. The highest BCUT2D eigenvalue weighted by Crippen LogP contribution is 2.53. The molecule has 0 unspecified atom stereocenters. The van der Waals surface area contributed by atoms with Gasteiger partial charge in [0, 0.05) is 10.9 Å². The minimum atomic E-state index is -1.48. The number of carbonyl (C=O) groups excluding carboxylic acids is 3. The van der Waals surface area contributed by atoms with E-state index >= 15 is 4.39 Å². The predicted molar refractivity (Wildman–Crippen MR) is 169 cm³/mol. The molecule has 2 aliphatic rings. The van der Waals surface area contributed by atoms with E-state index in [9.17, 15) is 14.4 Å². The Labute approximate surface area is 259 Å². The van der Waals surface area contributed by atoms with Crippen molar-refractivity contribution in [3.8, 4) is 0 Å². The fourth-order valence-corrected chi connectivity index (χ4v) is 6.74. The lowest BCUT2D eigenvalue weighted by molar-refractivity contribution is -0.131. The lowest BCUT2D eigenvalue weighted by atomic mass is 9.66. The van der Waals surface area contributed by atoms with Gasteiger partial charge in [-0.2, -0.15) is 0 Å². The highest BCUT2D eigenvalue weighted by Gasteiger charge is 2.62. The van der Waals surface area contributed by atoms with Crippen LogP contribution in [-0.2, 0) is 38.2 Å². The summed E-state index contributed by atoms with van der Waals surface area (Å²) in [6, 6.07) is 29.0. The number of hydrogen-bond donors (Lipinski definition) is 0. The zero-order chi connectivity index (χ0) is 30.5. The van der Waals surface area contributed by atoms with Gasteiger partial charge in [0.25, 0.3) is 0 Å². The molecule has 218 valence electrons. The van der Waals surface area contributed by atoms with E-state index in [0.717, 1.165) is 21.2 Å². The molecule has 2 atom stereocenters. The molecule has 0 aromatic heterocycles. The maximum atomic E-state index is 15.7. The molecule has 0 aliphatic carbocycles. The summed E-state index contributed by atoms with van der Waals surface area (Å²) >= 11 is 3.47. The Morgan fingerprint density at radius 1 is 0.837 bits per heavy atom. The van der Waals surface area contributed by atoms with Crippen molar-refractivity contribution in [2.45, 2.75) is 51.0 Å². The van der Waals surface area contributed by atoms with Crippen molar-refractivity contribution in [2.75, 3.05) is 9.80 Å². The van der Waals surface area contributed by atoms with Gasteiger partial charge in [0.15, 0.2) is 0 Å². The molecule has 5 nitrogen and oxygen atoms in total. The maximum absolute atomic E-state index is 15.7. The van der Waals surface area contributed by atoms with Gasteiger partial charge in [-0.25, -0.2) is 4.39 Å². The van der Waals surface area contributed by atoms with Crippen molar-refractivity contribution in [2.24, 2.45) is 5.92 Å². The van der Waals surface area contributed by atoms with E-state index in [1.54, 1.807) is 24.3 Å². The van der Waals surface area contributed by atoms with E-state index in [2.05, 4.69) is 36.7 Å². The third-order valence-corrected chi connectivity index (χ3v) is 9.21. The van der Waals surface area contributed by atoms with Crippen LogP contribution in [0.4, 0.5) is 15.8 Å². The van der Waals surface area contributed by atoms with Crippen LogP contribution in [0.2, 0.25) is 0 Å². The predicted octanol–water partition coefficient (Wildman–Crippen LogP) is 7.49. The van der Waals surface area contributed by atoms with Crippen molar-refractivity contribution in [1.82, 2.24) is 0 Å². The number of fused-ring (bicyclic) bond motifs is 1. The average Bonchev–Trinajstić information content (AvgIpc) is 3.41. The maximum Gasteiger partial charge on any atom is 0.239 e. The van der Waals surface area contributed by atoms with Crippen molar-refractivity contribution >= 4 is 45.0 Å². The Hall–Kier alpha value is -4.10. The van der Waals surface area contributed by atoms with Gasteiger partial charge in [-0.1, -0.05) is 103 Å². The molecule has 2 aliphatic heterocycles. The third-order valence-electron chi connectivity index (χ3n) is 8.68. The standard InChI is InChI=1S/C36H32BrFN2O3/c1-35(2,3)25-14-18-27(19-15-25)40-31(41)20-29(33(40)42)36(21-23-12-16-26(37)17-13-23)28-10-7-11-30(38)32(28)39(34(36)43)22-24-8-5-4-6-9-24/h4-19,29H,20-22H2,1-3H3/t29-,36+/m0/s1. The van der Waals surface area contributed by atoms with Gasteiger partial charge in [0.2, 0.25) is 17.7 Å². The van der Waals surface area contributed by atoms with Crippen LogP contribution in [0.1, 0.15) is 49.4 Å². The van der Waals surface area contributed by atoms with Crippen LogP contribution in [0.25, 0.3) is 0 Å². The average molecular weight is 640 g/mol. The van der Waals surface area contributed by atoms with Gasteiger partial charge in [-0.15, -0.1) is 0 Å². The second-order valence-corrected chi connectivity index (χ2v) is 13.3. The fraction of sp³-hybridized carbons (Fsp3) is 0.250. The van der Waals surface area contributed by atoms with Crippen LogP contribution in [0.5, 0.6) is 0 Å². The summed E-state index contributed by atoms with van der Waals surface area (Å²) in [6.45, 7) is 6.43. The van der Waals surface area contributed by atoms with Crippen LogP contribution in [-0.4, -0.2) is 17.7 Å². The SMILES string of the molecule is CC(C)(C)c1ccc(N2C(=O)C[C@H]([C@]3(Cc4ccc(Br)cc4)C(=O)N(Cc4ccccc4)c4c(F)cccc43)C2=O)cc1. The first-order chi connectivity index (χ1) is 20.5. The van der Waals surface area contributed by atoms with Crippen LogP contribution < -0.4 is 9.80 Å². The van der Waals surface area contributed by atoms with Crippen molar-refractivity contribution < 1.29 is 18.8 Å². The number of anilines is 2. The number of benzene rings is 4. The molecule has 0 saturated carbocycles. The zero-order valence-corrected chi connectivity index (χ0v) is 25.9. The van der Waals surface area contributed by atoms with Crippen LogP contribution in [0, 0.1) is 11.7 Å².